The summed E-state index contributed by atoms with van der Waals surface area (Å²) in [5.74, 6) is 0. The van der Waals surface area contributed by atoms with Gasteiger partial charge in [0.25, 0.3) is 0 Å². The first-order valence-corrected chi connectivity index (χ1v) is 7.36. The van der Waals surface area contributed by atoms with Crippen LogP contribution in [0.15, 0.2) is 29.4 Å². The minimum atomic E-state index is -3.46. The van der Waals surface area contributed by atoms with E-state index >= 15 is 0 Å². The second-order valence-corrected chi connectivity index (χ2v) is 6.14. The van der Waals surface area contributed by atoms with Crippen molar-refractivity contribution in [3.63, 3.8) is 0 Å². The molecular weight excluding hydrogens is 236 g/mol. The first-order chi connectivity index (χ1) is 7.93. The maximum atomic E-state index is 12.1. The van der Waals surface area contributed by atoms with E-state index < -0.39 is 10.0 Å². The molecule has 5 heteroatoms. The molecule has 1 aromatic heterocycles. The molecule has 96 valence electrons. The van der Waals surface area contributed by atoms with Gasteiger partial charge in [0.05, 0.1) is 0 Å². The Morgan fingerprint density at radius 1 is 1.41 bits per heavy atom. The zero-order valence-corrected chi connectivity index (χ0v) is 11.4. The lowest BCUT2D eigenvalue weighted by molar-refractivity contribution is 0.370. The molecule has 1 aromatic rings. The molecule has 1 N–H and O–H groups in total. The maximum Gasteiger partial charge on any atom is 0.242 e. The minimum Gasteiger partial charge on any atom is -0.263 e. The number of hydrogen-bond acceptors (Lipinski definition) is 3. The van der Waals surface area contributed by atoms with Gasteiger partial charge >= 0.3 is 0 Å². The van der Waals surface area contributed by atoms with Crippen molar-refractivity contribution in [2.45, 2.75) is 50.5 Å². The molecule has 0 bridgehead atoms. The molecule has 0 aliphatic heterocycles. The maximum absolute atomic E-state index is 12.1. The van der Waals surface area contributed by atoms with Crippen molar-refractivity contribution in [2.75, 3.05) is 0 Å². The highest BCUT2D eigenvalue weighted by atomic mass is 32.2. The van der Waals surface area contributed by atoms with Crippen LogP contribution >= 0.6 is 0 Å². The molecule has 1 atom stereocenters. The van der Waals surface area contributed by atoms with Crippen LogP contribution in [0.3, 0.4) is 0 Å². The number of pyridine rings is 1. The molecule has 0 spiro atoms. The lowest BCUT2D eigenvalue weighted by atomic mass is 9.95. The first kappa shape index (κ1) is 14.1. The number of rotatable bonds is 6. The number of nitrogens with one attached hydrogen (secondary N) is 1. The Hall–Kier alpha value is -0.940. The van der Waals surface area contributed by atoms with Gasteiger partial charge in [-0.15, -0.1) is 0 Å². The van der Waals surface area contributed by atoms with Gasteiger partial charge in [-0.25, -0.2) is 13.1 Å². The van der Waals surface area contributed by atoms with Crippen LogP contribution in [0.1, 0.15) is 40.0 Å². The van der Waals surface area contributed by atoms with E-state index in [2.05, 4.69) is 9.71 Å². The molecule has 1 heterocycles. The van der Waals surface area contributed by atoms with Gasteiger partial charge in [0, 0.05) is 17.9 Å². The van der Waals surface area contributed by atoms with Crippen LogP contribution in [0.5, 0.6) is 0 Å². The number of hydrogen-bond donors (Lipinski definition) is 1. The van der Waals surface area contributed by atoms with Crippen molar-refractivity contribution in [1.82, 2.24) is 9.71 Å². The number of nitrogens with zero attached hydrogens (tertiary/aromatic N) is 1. The fourth-order valence-corrected chi connectivity index (χ4v) is 3.21. The molecule has 17 heavy (non-hydrogen) atoms. The van der Waals surface area contributed by atoms with E-state index in [9.17, 15) is 8.42 Å². The number of aromatic nitrogens is 1. The van der Waals surface area contributed by atoms with E-state index in [4.69, 9.17) is 0 Å². The van der Waals surface area contributed by atoms with Crippen molar-refractivity contribution in [2.24, 2.45) is 0 Å². The molecule has 0 aliphatic carbocycles. The second kappa shape index (κ2) is 5.60. The van der Waals surface area contributed by atoms with Crippen LogP contribution in [-0.2, 0) is 10.0 Å². The standard InChI is InChI=1S/C12H20N2O2S/c1-4-8-12(3,5-2)14-17(15,16)11-7-6-9-13-10-11/h6-7,9-10,14H,4-5,8H2,1-3H3. The Bertz CT molecular complexity index is 445. The molecule has 1 rings (SSSR count). The predicted molar refractivity (Wildman–Crippen MR) is 68.2 cm³/mol. The van der Waals surface area contributed by atoms with Crippen molar-refractivity contribution < 1.29 is 8.42 Å². The van der Waals surface area contributed by atoms with Crippen LogP contribution in [0, 0.1) is 0 Å². The Balaban J connectivity index is 2.94. The summed E-state index contributed by atoms with van der Waals surface area (Å²) >= 11 is 0. The zero-order chi connectivity index (χ0) is 12.9. The molecule has 0 fully saturated rings. The summed E-state index contributed by atoms with van der Waals surface area (Å²) in [4.78, 5) is 4.05. The Morgan fingerprint density at radius 3 is 2.59 bits per heavy atom. The van der Waals surface area contributed by atoms with E-state index in [0.29, 0.717) is 0 Å². The molecule has 0 aliphatic rings. The van der Waals surface area contributed by atoms with Crippen LogP contribution < -0.4 is 4.72 Å². The topological polar surface area (TPSA) is 59.1 Å². The molecule has 4 nitrogen and oxygen atoms in total. The summed E-state index contributed by atoms with van der Waals surface area (Å²) in [6, 6.07) is 3.18. The monoisotopic (exact) mass is 256 g/mol. The van der Waals surface area contributed by atoms with Crippen LogP contribution in [0.2, 0.25) is 0 Å². The lowest BCUT2D eigenvalue weighted by Crippen LogP contribution is -2.45. The van der Waals surface area contributed by atoms with E-state index in [1.807, 2.05) is 20.8 Å². The first-order valence-electron chi connectivity index (χ1n) is 5.87. The number of sulfonamides is 1. The van der Waals surface area contributed by atoms with Gasteiger partial charge < -0.3 is 0 Å². The van der Waals surface area contributed by atoms with Crippen molar-refractivity contribution in [3.05, 3.63) is 24.5 Å². The van der Waals surface area contributed by atoms with E-state index in [-0.39, 0.29) is 10.4 Å². The SMILES string of the molecule is CCCC(C)(CC)NS(=O)(=O)c1cccnc1. The highest BCUT2D eigenvalue weighted by Crippen LogP contribution is 2.20. The highest BCUT2D eigenvalue weighted by molar-refractivity contribution is 7.89. The van der Waals surface area contributed by atoms with E-state index in [1.165, 1.54) is 6.20 Å². The normalized spacial score (nSPS) is 15.5. The van der Waals surface area contributed by atoms with Crippen molar-refractivity contribution >= 4 is 10.0 Å². The van der Waals surface area contributed by atoms with Gasteiger partial charge in [-0.2, -0.15) is 0 Å². The van der Waals surface area contributed by atoms with Gasteiger partial charge in [-0.05, 0) is 31.9 Å². The quantitative estimate of drug-likeness (QED) is 0.849. The third-order valence-corrected chi connectivity index (χ3v) is 4.53. The highest BCUT2D eigenvalue weighted by Gasteiger charge is 2.28. The minimum absolute atomic E-state index is 0.218. The molecule has 0 amide bonds. The fraction of sp³-hybridized carbons (Fsp3) is 0.583. The lowest BCUT2D eigenvalue weighted by Gasteiger charge is -2.28. The largest absolute Gasteiger partial charge is 0.263 e. The Labute approximate surface area is 104 Å². The van der Waals surface area contributed by atoms with Gasteiger partial charge in [-0.3, -0.25) is 4.98 Å². The summed E-state index contributed by atoms with van der Waals surface area (Å²) in [6.45, 7) is 5.97. The third-order valence-electron chi connectivity index (χ3n) is 2.91. The van der Waals surface area contributed by atoms with Crippen LogP contribution in [0.25, 0.3) is 0 Å². The fourth-order valence-electron chi connectivity index (χ4n) is 1.74. The Kier molecular flexibility index (Phi) is 4.65. The van der Waals surface area contributed by atoms with E-state index in [0.717, 1.165) is 19.3 Å². The van der Waals surface area contributed by atoms with Gasteiger partial charge in [-0.1, -0.05) is 20.3 Å². The summed E-state index contributed by atoms with van der Waals surface area (Å²) in [5.41, 5.74) is -0.385. The Morgan fingerprint density at radius 2 is 2.12 bits per heavy atom. The molecule has 1 unspecified atom stereocenters. The predicted octanol–water partition coefficient (Wildman–Crippen LogP) is 2.33. The third kappa shape index (κ3) is 3.78. The summed E-state index contributed by atoms with van der Waals surface area (Å²) in [6.07, 6.45) is 5.46. The van der Waals surface area contributed by atoms with E-state index in [1.54, 1.807) is 18.3 Å². The van der Waals surface area contributed by atoms with Crippen LogP contribution in [-0.4, -0.2) is 18.9 Å². The molecule has 0 saturated heterocycles. The molecular formula is C12H20N2O2S. The van der Waals surface area contributed by atoms with Gasteiger partial charge in [0.2, 0.25) is 10.0 Å². The smallest absolute Gasteiger partial charge is 0.242 e. The summed E-state index contributed by atoms with van der Waals surface area (Å²) < 4.78 is 27.0. The molecule has 0 saturated carbocycles. The second-order valence-electron chi connectivity index (χ2n) is 4.46. The average Bonchev–Trinajstić information content (AvgIpc) is 2.30. The van der Waals surface area contributed by atoms with Crippen LogP contribution in [0.4, 0.5) is 0 Å². The van der Waals surface area contributed by atoms with Crippen molar-refractivity contribution in [1.29, 1.82) is 0 Å². The van der Waals surface area contributed by atoms with Gasteiger partial charge in [0.1, 0.15) is 4.90 Å². The van der Waals surface area contributed by atoms with Gasteiger partial charge in [0.15, 0.2) is 0 Å². The summed E-state index contributed by atoms with van der Waals surface area (Å²) in [7, 11) is -3.46. The van der Waals surface area contributed by atoms with Crippen molar-refractivity contribution in [3.8, 4) is 0 Å². The average molecular weight is 256 g/mol. The molecule has 0 aromatic carbocycles. The molecule has 0 radical (unpaired) electrons. The zero-order valence-electron chi connectivity index (χ0n) is 10.6. The summed E-state index contributed by atoms with van der Waals surface area (Å²) in [5, 5.41) is 0.